The number of hydrogen-bond acceptors (Lipinski definition) is 8. The predicted molar refractivity (Wildman–Crippen MR) is 219 cm³/mol. The summed E-state index contributed by atoms with van der Waals surface area (Å²) in [5, 5.41) is 0. The highest BCUT2D eigenvalue weighted by Gasteiger charge is 2.25. The number of carbonyl (C=O) groups excluding carboxylic acids is 2. The number of hydrogen-bond donors (Lipinski definition) is 2. The summed E-state index contributed by atoms with van der Waals surface area (Å²) in [4.78, 5) is 34.8. The van der Waals surface area contributed by atoms with E-state index >= 15 is 0 Å². The molecule has 0 heterocycles. The van der Waals surface area contributed by atoms with E-state index in [9.17, 15) is 19.0 Å². The van der Waals surface area contributed by atoms with Crippen LogP contribution in [-0.4, -0.2) is 49.3 Å². The zero-order chi connectivity index (χ0) is 38.9. The van der Waals surface area contributed by atoms with Gasteiger partial charge in [0.1, 0.15) is 6.61 Å². The molecular formula is C43H74NO8P. The number of phosphoric ester groups is 1. The largest absolute Gasteiger partial charge is 0.472 e. The highest BCUT2D eigenvalue weighted by molar-refractivity contribution is 7.47. The summed E-state index contributed by atoms with van der Waals surface area (Å²) in [6, 6.07) is 0. The number of ether oxygens (including phenoxy) is 2. The van der Waals surface area contributed by atoms with E-state index in [0.717, 1.165) is 57.8 Å². The normalized spacial score (nSPS) is 14.1. The van der Waals surface area contributed by atoms with E-state index in [-0.39, 0.29) is 32.6 Å². The zero-order valence-corrected chi connectivity index (χ0v) is 34.1. The molecule has 2 atom stereocenters. The molecule has 0 aliphatic carbocycles. The number of carbonyl (C=O) groups is 2. The smallest absolute Gasteiger partial charge is 0.462 e. The van der Waals surface area contributed by atoms with Gasteiger partial charge in [-0.3, -0.25) is 18.6 Å². The van der Waals surface area contributed by atoms with Crippen molar-refractivity contribution >= 4 is 19.8 Å². The molecular weight excluding hydrogens is 689 g/mol. The Morgan fingerprint density at radius 3 is 1.66 bits per heavy atom. The van der Waals surface area contributed by atoms with Crippen molar-refractivity contribution in [1.82, 2.24) is 0 Å². The molecule has 0 spiro atoms. The lowest BCUT2D eigenvalue weighted by molar-refractivity contribution is -0.161. The molecule has 0 radical (unpaired) electrons. The topological polar surface area (TPSA) is 134 Å². The second kappa shape index (κ2) is 39.2. The van der Waals surface area contributed by atoms with Crippen molar-refractivity contribution < 1.29 is 37.6 Å². The molecule has 0 aromatic rings. The minimum atomic E-state index is -4.40. The molecule has 0 aliphatic rings. The Bertz CT molecular complexity index is 1100. The van der Waals surface area contributed by atoms with Gasteiger partial charge in [0.05, 0.1) is 13.2 Å². The third-order valence-electron chi connectivity index (χ3n) is 8.09. The lowest BCUT2D eigenvalue weighted by atomic mass is 10.1. The van der Waals surface area contributed by atoms with Crippen LogP contribution in [0.4, 0.5) is 0 Å². The van der Waals surface area contributed by atoms with Crippen LogP contribution in [0.3, 0.4) is 0 Å². The summed E-state index contributed by atoms with van der Waals surface area (Å²) in [6.07, 6.45) is 46.5. The first-order valence-electron chi connectivity index (χ1n) is 20.4. The van der Waals surface area contributed by atoms with Crippen LogP contribution in [0, 0.1) is 0 Å². The van der Waals surface area contributed by atoms with Gasteiger partial charge in [0.2, 0.25) is 0 Å². The molecule has 10 heteroatoms. The van der Waals surface area contributed by atoms with E-state index in [2.05, 4.69) is 80.7 Å². The minimum absolute atomic E-state index is 0.0390. The van der Waals surface area contributed by atoms with E-state index < -0.39 is 32.5 Å². The number of nitrogens with two attached hydrogens (primary N) is 1. The molecule has 0 aromatic carbocycles. The van der Waals surface area contributed by atoms with Crippen molar-refractivity contribution in [3.8, 4) is 0 Å². The Morgan fingerprint density at radius 1 is 0.585 bits per heavy atom. The van der Waals surface area contributed by atoms with Gasteiger partial charge < -0.3 is 20.1 Å². The van der Waals surface area contributed by atoms with Crippen molar-refractivity contribution in [3.63, 3.8) is 0 Å². The molecule has 53 heavy (non-hydrogen) atoms. The summed E-state index contributed by atoms with van der Waals surface area (Å²) in [7, 11) is -4.40. The van der Waals surface area contributed by atoms with Gasteiger partial charge in [-0.2, -0.15) is 0 Å². The predicted octanol–water partition coefficient (Wildman–Crippen LogP) is 11.5. The molecule has 0 aromatic heterocycles. The number of esters is 2. The highest BCUT2D eigenvalue weighted by atomic mass is 31.2. The molecule has 0 bridgehead atoms. The van der Waals surface area contributed by atoms with Crippen LogP contribution in [0.2, 0.25) is 0 Å². The third kappa shape index (κ3) is 39.0. The van der Waals surface area contributed by atoms with Crippen LogP contribution in [0.25, 0.3) is 0 Å². The lowest BCUT2D eigenvalue weighted by Crippen LogP contribution is -2.29. The Kier molecular flexibility index (Phi) is 37.3. The Labute approximate surface area is 322 Å². The minimum Gasteiger partial charge on any atom is -0.462 e. The molecule has 304 valence electrons. The molecule has 9 nitrogen and oxygen atoms in total. The molecule has 1 unspecified atom stereocenters. The maximum atomic E-state index is 12.5. The van der Waals surface area contributed by atoms with E-state index in [1.54, 1.807) is 0 Å². The monoisotopic (exact) mass is 764 g/mol. The highest BCUT2D eigenvalue weighted by Crippen LogP contribution is 2.43. The number of phosphoric acid groups is 1. The Morgan fingerprint density at radius 2 is 1.06 bits per heavy atom. The van der Waals surface area contributed by atoms with Crippen molar-refractivity contribution in [3.05, 3.63) is 72.9 Å². The van der Waals surface area contributed by atoms with Crippen molar-refractivity contribution in [2.75, 3.05) is 26.4 Å². The molecule has 0 rings (SSSR count). The molecule has 0 fully saturated rings. The summed E-state index contributed by atoms with van der Waals surface area (Å²) in [5.41, 5.74) is 5.33. The first kappa shape index (κ1) is 50.5. The van der Waals surface area contributed by atoms with Crippen molar-refractivity contribution in [1.29, 1.82) is 0 Å². The average molecular weight is 764 g/mol. The van der Waals surface area contributed by atoms with Crippen LogP contribution < -0.4 is 5.73 Å². The van der Waals surface area contributed by atoms with E-state index in [1.807, 2.05) is 6.08 Å². The van der Waals surface area contributed by atoms with Gasteiger partial charge in [0.15, 0.2) is 6.10 Å². The standard InChI is InChI=1S/C43H74NO8P/c1-3-5-7-9-11-13-15-17-19-20-22-24-26-28-30-32-34-36-43(46)52-41(40-51-53(47,48)50-38-37-44)39-49-42(45)35-33-31-29-27-25-23-21-18-16-14-12-10-8-6-4-2/h11,13-14,16-19,21-22,24,28,30,41H,3-10,12,15,20,23,25-27,29,31-40,44H2,1-2H3,(H,47,48)/b13-11+,16-14+,19-17+,21-18+,24-22+,30-28+/t41-/m1/s1. The SMILES string of the molecule is CCCCC/C=C/C/C=C/C/C=C/C/C=C/CCCC(=O)O[C@H](COC(=O)CCCCCCC/C=C/C=C/CCCCCC)COP(=O)(O)OCCN. The Hall–Kier alpha value is -2.55. The number of allylic oxidation sites excluding steroid dienone is 12. The molecule has 0 saturated carbocycles. The second-order valence-corrected chi connectivity index (χ2v) is 14.6. The first-order valence-corrected chi connectivity index (χ1v) is 21.9. The molecule has 3 N–H and O–H groups in total. The van der Waals surface area contributed by atoms with Crippen molar-refractivity contribution in [2.45, 2.75) is 161 Å². The van der Waals surface area contributed by atoms with Gasteiger partial charge >= 0.3 is 19.8 Å². The first-order chi connectivity index (χ1) is 25.8. The fourth-order valence-corrected chi connectivity index (χ4v) is 5.79. The summed E-state index contributed by atoms with van der Waals surface area (Å²) in [5.74, 6) is -0.919. The van der Waals surface area contributed by atoms with Gasteiger partial charge in [-0.1, -0.05) is 138 Å². The quantitative estimate of drug-likeness (QED) is 0.0208. The van der Waals surface area contributed by atoms with Crippen LogP contribution in [0.1, 0.15) is 155 Å². The van der Waals surface area contributed by atoms with Gasteiger partial charge in [-0.15, -0.1) is 0 Å². The molecule has 0 aliphatic heterocycles. The van der Waals surface area contributed by atoms with Crippen LogP contribution in [0.5, 0.6) is 0 Å². The van der Waals surface area contributed by atoms with Crippen molar-refractivity contribution in [2.24, 2.45) is 5.73 Å². The fourth-order valence-electron chi connectivity index (χ4n) is 5.03. The van der Waals surface area contributed by atoms with E-state index in [4.69, 9.17) is 24.3 Å². The zero-order valence-electron chi connectivity index (χ0n) is 33.2. The van der Waals surface area contributed by atoms with E-state index in [0.29, 0.717) is 19.3 Å². The van der Waals surface area contributed by atoms with Crippen LogP contribution >= 0.6 is 7.82 Å². The summed E-state index contributed by atoms with van der Waals surface area (Å²) < 4.78 is 32.6. The van der Waals surface area contributed by atoms with Gasteiger partial charge in [0.25, 0.3) is 0 Å². The summed E-state index contributed by atoms with van der Waals surface area (Å²) >= 11 is 0. The van der Waals surface area contributed by atoms with Crippen LogP contribution in [-0.2, 0) is 32.7 Å². The third-order valence-corrected chi connectivity index (χ3v) is 9.08. The lowest BCUT2D eigenvalue weighted by Gasteiger charge is -2.19. The number of unbranched alkanes of at least 4 members (excludes halogenated alkanes) is 13. The van der Waals surface area contributed by atoms with E-state index in [1.165, 1.54) is 51.4 Å². The number of rotatable bonds is 37. The van der Waals surface area contributed by atoms with Gasteiger partial charge in [-0.25, -0.2) is 4.57 Å². The van der Waals surface area contributed by atoms with Gasteiger partial charge in [-0.05, 0) is 77.0 Å². The summed E-state index contributed by atoms with van der Waals surface area (Å²) in [6.45, 7) is 3.58. The van der Waals surface area contributed by atoms with Crippen LogP contribution in [0.15, 0.2) is 72.9 Å². The maximum absolute atomic E-state index is 12.5. The second-order valence-electron chi connectivity index (χ2n) is 13.2. The molecule has 0 amide bonds. The van der Waals surface area contributed by atoms with Gasteiger partial charge in [0, 0.05) is 19.4 Å². The fraction of sp³-hybridized carbons (Fsp3) is 0.674. The Balaban J connectivity index is 4.34. The molecule has 0 saturated heterocycles. The maximum Gasteiger partial charge on any atom is 0.472 e. The average Bonchev–Trinajstić information content (AvgIpc) is 3.14.